The number of carbonyl (C=O) groups excluding carboxylic acids is 1. The first-order valence-electron chi connectivity index (χ1n) is 9.77. The summed E-state index contributed by atoms with van der Waals surface area (Å²) < 4.78 is 0. The van der Waals surface area contributed by atoms with Crippen molar-refractivity contribution < 1.29 is 14.7 Å². The molecule has 1 aromatic heterocycles. The Hall–Kier alpha value is -1.95. The number of carboxylic acids is 1. The predicted octanol–water partition coefficient (Wildman–Crippen LogP) is 2.66. The van der Waals surface area contributed by atoms with Gasteiger partial charge in [0.2, 0.25) is 5.91 Å². The van der Waals surface area contributed by atoms with Crippen LogP contribution in [0.4, 0.5) is 0 Å². The Morgan fingerprint density at radius 3 is 2.41 bits per heavy atom. The molecule has 2 atom stereocenters. The molecule has 0 unspecified atom stereocenters. The van der Waals surface area contributed by atoms with Crippen LogP contribution in [0.2, 0.25) is 0 Å². The summed E-state index contributed by atoms with van der Waals surface area (Å²) in [5, 5.41) is 13.3. The number of amides is 1. The highest BCUT2D eigenvalue weighted by molar-refractivity contribution is 5.79. The Kier molecular flexibility index (Phi) is 5.30. The van der Waals surface area contributed by atoms with E-state index < -0.39 is 11.9 Å². The summed E-state index contributed by atoms with van der Waals surface area (Å²) in [6, 6.07) is 5.54. The summed E-state index contributed by atoms with van der Waals surface area (Å²) in [7, 11) is 0. The topological polar surface area (TPSA) is 82.5 Å². The molecule has 2 N–H and O–H groups in total. The van der Waals surface area contributed by atoms with Crippen LogP contribution in [-0.2, 0) is 9.59 Å². The van der Waals surface area contributed by atoms with Crippen LogP contribution in [0, 0.1) is 11.8 Å². The number of hydrogen-bond donors (Lipinski definition) is 2. The molecule has 2 fully saturated rings. The molecular weight excluding hydrogens is 342 g/mol. The van der Waals surface area contributed by atoms with Gasteiger partial charge in [0.25, 0.3) is 0 Å². The van der Waals surface area contributed by atoms with E-state index in [0.29, 0.717) is 18.9 Å². The average molecular weight is 373 g/mol. The predicted molar refractivity (Wildman–Crippen MR) is 103 cm³/mol. The van der Waals surface area contributed by atoms with Crippen LogP contribution in [0.25, 0.3) is 0 Å². The lowest BCUT2D eigenvalue weighted by molar-refractivity contribution is -0.142. The van der Waals surface area contributed by atoms with Gasteiger partial charge in [-0.1, -0.05) is 6.07 Å². The average Bonchev–Trinajstić information content (AvgIpc) is 2.98. The zero-order chi connectivity index (χ0) is 19.8. The third kappa shape index (κ3) is 4.67. The van der Waals surface area contributed by atoms with Crippen LogP contribution < -0.4 is 5.32 Å². The number of piperidine rings is 1. The van der Waals surface area contributed by atoms with Gasteiger partial charge in [-0.25, -0.2) is 0 Å². The van der Waals surface area contributed by atoms with E-state index in [-0.39, 0.29) is 29.4 Å². The van der Waals surface area contributed by atoms with E-state index in [1.54, 1.807) is 11.1 Å². The summed E-state index contributed by atoms with van der Waals surface area (Å²) >= 11 is 0. The fourth-order valence-corrected chi connectivity index (χ4v) is 5.21. The lowest BCUT2D eigenvalue weighted by atomic mass is 9.74. The second-order valence-corrected chi connectivity index (χ2v) is 9.48. The van der Waals surface area contributed by atoms with E-state index in [1.807, 2.05) is 18.2 Å². The highest BCUT2D eigenvalue weighted by Crippen LogP contribution is 2.37. The van der Waals surface area contributed by atoms with E-state index in [1.165, 1.54) is 0 Å². The van der Waals surface area contributed by atoms with Gasteiger partial charge in [-0.15, -0.1) is 0 Å². The zero-order valence-corrected chi connectivity index (χ0v) is 16.7. The molecule has 27 heavy (non-hydrogen) atoms. The van der Waals surface area contributed by atoms with Crippen molar-refractivity contribution in [1.82, 2.24) is 15.2 Å². The fourth-order valence-electron chi connectivity index (χ4n) is 5.21. The number of aromatic nitrogens is 1. The molecule has 0 aliphatic carbocycles. The van der Waals surface area contributed by atoms with Crippen molar-refractivity contribution >= 4 is 11.9 Å². The fraction of sp³-hybridized carbons (Fsp3) is 0.667. The number of pyridine rings is 1. The van der Waals surface area contributed by atoms with Crippen molar-refractivity contribution in [2.24, 2.45) is 11.8 Å². The van der Waals surface area contributed by atoms with Crippen LogP contribution in [0.3, 0.4) is 0 Å². The summed E-state index contributed by atoms with van der Waals surface area (Å²) in [6.07, 6.45) is 4.05. The molecular formula is C21H31N3O3. The highest BCUT2D eigenvalue weighted by atomic mass is 16.4. The van der Waals surface area contributed by atoms with Crippen LogP contribution in [0.15, 0.2) is 24.4 Å². The minimum atomic E-state index is -0.856. The van der Waals surface area contributed by atoms with Crippen LogP contribution in [-0.4, -0.2) is 51.0 Å². The molecule has 148 valence electrons. The normalized spacial score (nSPS) is 27.5. The third-order valence-corrected chi connectivity index (χ3v) is 5.80. The van der Waals surface area contributed by atoms with Crippen molar-refractivity contribution in [1.29, 1.82) is 0 Å². The van der Waals surface area contributed by atoms with Gasteiger partial charge in [0.05, 0.1) is 5.92 Å². The third-order valence-electron chi connectivity index (χ3n) is 5.80. The zero-order valence-electron chi connectivity index (χ0n) is 16.7. The summed E-state index contributed by atoms with van der Waals surface area (Å²) in [6.45, 7) is 9.42. The highest BCUT2D eigenvalue weighted by Gasteiger charge is 2.43. The molecule has 6 nitrogen and oxygen atoms in total. The molecule has 2 aliphatic rings. The van der Waals surface area contributed by atoms with Gasteiger partial charge in [-0.3, -0.25) is 14.6 Å². The summed E-state index contributed by atoms with van der Waals surface area (Å²) in [4.78, 5) is 30.8. The first-order valence-corrected chi connectivity index (χ1v) is 9.77. The first kappa shape index (κ1) is 19.8. The monoisotopic (exact) mass is 373 g/mol. The van der Waals surface area contributed by atoms with Crippen LogP contribution >= 0.6 is 0 Å². The molecule has 2 aliphatic heterocycles. The Bertz CT molecular complexity index is 686. The van der Waals surface area contributed by atoms with Crippen molar-refractivity contribution in [2.75, 3.05) is 13.1 Å². The summed E-state index contributed by atoms with van der Waals surface area (Å²) in [5.74, 6) is -1.32. The van der Waals surface area contributed by atoms with Gasteiger partial charge in [0.1, 0.15) is 0 Å². The standard InChI is InChI=1S/C21H31N3O3/c1-20(2)10-14(11-21(3,4)23-20)9-18(25)24-12-15(16(13-24)19(26)27)17-7-5-6-8-22-17/h5-8,14-16,23H,9-13H2,1-4H3,(H,26,27)/t15-,16-/m1/s1. The molecule has 0 radical (unpaired) electrons. The first-order chi connectivity index (χ1) is 12.6. The number of aliphatic carboxylic acids is 1. The molecule has 0 saturated carbocycles. The smallest absolute Gasteiger partial charge is 0.309 e. The number of hydrogen-bond acceptors (Lipinski definition) is 4. The van der Waals surface area contributed by atoms with Crippen molar-refractivity contribution in [3.05, 3.63) is 30.1 Å². The quantitative estimate of drug-likeness (QED) is 0.848. The molecule has 1 amide bonds. The SMILES string of the molecule is CC1(C)CC(CC(=O)N2C[C@@H](C(=O)O)[C@H](c3ccccn3)C2)CC(C)(C)N1. The van der Waals surface area contributed by atoms with E-state index in [4.69, 9.17) is 0 Å². The molecule has 1 aromatic rings. The Balaban J connectivity index is 1.69. The minimum Gasteiger partial charge on any atom is -0.481 e. The molecule has 2 saturated heterocycles. The lowest BCUT2D eigenvalue weighted by Crippen LogP contribution is -2.58. The van der Waals surface area contributed by atoms with E-state index in [2.05, 4.69) is 38.0 Å². The molecule has 6 heteroatoms. The van der Waals surface area contributed by atoms with Gasteiger partial charge in [-0.05, 0) is 58.6 Å². The largest absolute Gasteiger partial charge is 0.481 e. The van der Waals surface area contributed by atoms with E-state index >= 15 is 0 Å². The van der Waals surface area contributed by atoms with Gasteiger partial charge in [-0.2, -0.15) is 0 Å². The Labute approximate surface area is 161 Å². The number of nitrogens with one attached hydrogen (secondary N) is 1. The Morgan fingerprint density at radius 1 is 1.19 bits per heavy atom. The number of nitrogens with zero attached hydrogens (tertiary/aromatic N) is 2. The van der Waals surface area contributed by atoms with Gasteiger partial charge < -0.3 is 15.3 Å². The maximum atomic E-state index is 13.0. The summed E-state index contributed by atoms with van der Waals surface area (Å²) in [5.41, 5.74) is 0.750. The maximum absolute atomic E-state index is 13.0. The van der Waals surface area contributed by atoms with Crippen molar-refractivity contribution in [2.45, 2.75) is 64.0 Å². The molecule has 3 rings (SSSR count). The van der Waals surface area contributed by atoms with Crippen LogP contribution in [0.1, 0.15) is 58.6 Å². The molecule has 0 bridgehead atoms. The number of rotatable bonds is 4. The van der Waals surface area contributed by atoms with E-state index in [9.17, 15) is 14.7 Å². The second kappa shape index (κ2) is 7.23. The van der Waals surface area contributed by atoms with Crippen LogP contribution in [0.5, 0.6) is 0 Å². The van der Waals surface area contributed by atoms with Gasteiger partial charge in [0, 0.05) is 48.4 Å². The maximum Gasteiger partial charge on any atom is 0.309 e. The van der Waals surface area contributed by atoms with Crippen molar-refractivity contribution in [3.63, 3.8) is 0 Å². The minimum absolute atomic E-state index is 0.00218. The van der Waals surface area contributed by atoms with Gasteiger partial charge in [0.15, 0.2) is 0 Å². The van der Waals surface area contributed by atoms with E-state index in [0.717, 1.165) is 18.5 Å². The molecule has 0 spiro atoms. The van der Waals surface area contributed by atoms with Gasteiger partial charge >= 0.3 is 5.97 Å². The number of carboxylic acid groups (broad SMARTS) is 1. The van der Waals surface area contributed by atoms with Crippen molar-refractivity contribution in [3.8, 4) is 0 Å². The lowest BCUT2D eigenvalue weighted by Gasteiger charge is -2.46. The Morgan fingerprint density at radius 2 is 1.85 bits per heavy atom. The molecule has 0 aromatic carbocycles. The number of likely N-dealkylation sites (tertiary alicyclic amines) is 1. The molecule has 3 heterocycles. The number of carbonyl (C=O) groups is 2. The second-order valence-electron chi connectivity index (χ2n) is 9.48.